The van der Waals surface area contributed by atoms with Crippen LogP contribution < -0.4 is 4.74 Å². The Morgan fingerprint density at radius 3 is 2.70 bits per heavy atom. The Hall–Kier alpha value is -1.59. The lowest BCUT2D eigenvalue weighted by Gasteiger charge is -2.06. The van der Waals surface area contributed by atoms with E-state index in [0.717, 1.165) is 27.9 Å². The number of nitrogens with zero attached hydrogens (tertiary/aromatic N) is 3. The summed E-state index contributed by atoms with van der Waals surface area (Å²) in [6.07, 6.45) is 1.70. The van der Waals surface area contributed by atoms with Crippen LogP contribution in [0.25, 0.3) is 16.8 Å². The maximum absolute atomic E-state index is 5.85. The van der Waals surface area contributed by atoms with Gasteiger partial charge in [-0.15, -0.1) is 5.10 Å². The lowest BCUT2D eigenvalue weighted by atomic mass is 10.1. The third-order valence-electron chi connectivity index (χ3n) is 2.87. The monoisotopic (exact) mass is 351 g/mol. The van der Waals surface area contributed by atoms with Crippen LogP contribution in [0.4, 0.5) is 0 Å². The molecule has 0 atom stereocenters. The van der Waals surface area contributed by atoms with E-state index in [-0.39, 0.29) is 5.28 Å². The van der Waals surface area contributed by atoms with Crippen LogP contribution in [0, 0.1) is 0 Å². The number of rotatable bonds is 4. The highest BCUT2D eigenvalue weighted by molar-refractivity contribution is 9.09. The fourth-order valence-corrected chi connectivity index (χ4v) is 2.26. The van der Waals surface area contributed by atoms with E-state index < -0.39 is 0 Å². The molecular weight excluding hydrogens is 342 g/mol. The van der Waals surface area contributed by atoms with Crippen LogP contribution in [0.1, 0.15) is 0 Å². The molecule has 0 aliphatic heterocycles. The number of fused-ring (bicyclic) bond motifs is 1. The van der Waals surface area contributed by atoms with Crippen LogP contribution in [-0.4, -0.2) is 26.5 Å². The second-order valence-corrected chi connectivity index (χ2v) is 5.28. The lowest BCUT2D eigenvalue weighted by Crippen LogP contribution is -1.98. The minimum Gasteiger partial charge on any atom is -0.493 e. The summed E-state index contributed by atoms with van der Waals surface area (Å²) in [5.74, 6) is 0.849. The molecule has 2 heterocycles. The molecule has 0 saturated heterocycles. The highest BCUT2D eigenvalue weighted by Crippen LogP contribution is 2.24. The van der Waals surface area contributed by atoms with Gasteiger partial charge in [-0.1, -0.05) is 15.9 Å². The van der Waals surface area contributed by atoms with Crippen molar-refractivity contribution in [2.45, 2.75) is 0 Å². The van der Waals surface area contributed by atoms with Crippen LogP contribution in [0.2, 0.25) is 5.28 Å². The Morgan fingerprint density at radius 2 is 1.95 bits per heavy atom. The Bertz CT molecular complexity index is 727. The van der Waals surface area contributed by atoms with Crippen molar-refractivity contribution >= 4 is 33.0 Å². The van der Waals surface area contributed by atoms with Crippen molar-refractivity contribution in [2.24, 2.45) is 0 Å². The Kier molecular flexibility index (Phi) is 3.89. The van der Waals surface area contributed by atoms with Gasteiger partial charge in [0.1, 0.15) is 5.75 Å². The predicted octanol–water partition coefficient (Wildman–Crippen LogP) is 3.82. The zero-order valence-electron chi connectivity index (χ0n) is 10.5. The van der Waals surface area contributed by atoms with Crippen molar-refractivity contribution in [2.75, 3.05) is 11.9 Å². The van der Waals surface area contributed by atoms with Crippen LogP contribution in [0.15, 0.2) is 42.6 Å². The summed E-state index contributed by atoms with van der Waals surface area (Å²) >= 11 is 9.18. The third-order valence-corrected chi connectivity index (χ3v) is 3.36. The molecule has 4 nitrogen and oxygen atoms in total. The van der Waals surface area contributed by atoms with Crippen molar-refractivity contribution in [3.8, 4) is 17.0 Å². The number of benzene rings is 1. The quantitative estimate of drug-likeness (QED) is 0.670. The van der Waals surface area contributed by atoms with Gasteiger partial charge in [-0.05, 0) is 48.0 Å². The number of hydrogen-bond donors (Lipinski definition) is 0. The van der Waals surface area contributed by atoms with Crippen molar-refractivity contribution in [1.82, 2.24) is 14.6 Å². The maximum atomic E-state index is 5.85. The van der Waals surface area contributed by atoms with Gasteiger partial charge in [0, 0.05) is 10.9 Å². The minimum absolute atomic E-state index is 0.229. The van der Waals surface area contributed by atoms with Crippen molar-refractivity contribution in [3.05, 3.63) is 47.9 Å². The molecule has 0 aliphatic carbocycles. The fourth-order valence-electron chi connectivity index (χ4n) is 1.98. The minimum atomic E-state index is 0.229. The summed E-state index contributed by atoms with van der Waals surface area (Å²) in [7, 11) is 0. The van der Waals surface area contributed by atoms with Gasteiger partial charge in [0.25, 0.3) is 0 Å². The summed E-state index contributed by atoms with van der Waals surface area (Å²) in [5.41, 5.74) is 2.92. The van der Waals surface area contributed by atoms with Gasteiger partial charge in [-0.25, -0.2) is 9.50 Å². The molecule has 0 amide bonds. The lowest BCUT2D eigenvalue weighted by molar-refractivity contribution is 0.345. The second kappa shape index (κ2) is 5.81. The molecule has 0 saturated carbocycles. The molecule has 20 heavy (non-hydrogen) atoms. The first-order chi connectivity index (χ1) is 9.78. The van der Waals surface area contributed by atoms with E-state index in [1.807, 2.05) is 36.4 Å². The van der Waals surface area contributed by atoms with Crippen LogP contribution >= 0.6 is 27.5 Å². The van der Waals surface area contributed by atoms with E-state index in [1.54, 1.807) is 10.7 Å². The number of halogens is 2. The highest BCUT2D eigenvalue weighted by atomic mass is 79.9. The summed E-state index contributed by atoms with van der Waals surface area (Å²) < 4.78 is 7.32. The first-order valence-electron chi connectivity index (χ1n) is 6.07. The largest absolute Gasteiger partial charge is 0.493 e. The summed E-state index contributed by atoms with van der Waals surface area (Å²) in [6, 6.07) is 11.8. The van der Waals surface area contributed by atoms with Gasteiger partial charge in [-0.2, -0.15) is 0 Å². The van der Waals surface area contributed by atoms with E-state index in [2.05, 4.69) is 26.0 Å². The van der Waals surface area contributed by atoms with E-state index in [4.69, 9.17) is 16.3 Å². The predicted molar refractivity (Wildman–Crippen MR) is 82.7 cm³/mol. The van der Waals surface area contributed by atoms with E-state index in [9.17, 15) is 0 Å². The summed E-state index contributed by atoms with van der Waals surface area (Å²) in [6.45, 7) is 0.649. The van der Waals surface area contributed by atoms with Gasteiger partial charge in [0.15, 0.2) is 0 Å². The van der Waals surface area contributed by atoms with Crippen LogP contribution in [0.3, 0.4) is 0 Å². The van der Waals surface area contributed by atoms with Crippen LogP contribution in [0.5, 0.6) is 5.75 Å². The Labute approximate surface area is 129 Å². The van der Waals surface area contributed by atoms with Gasteiger partial charge in [0.05, 0.1) is 24.0 Å². The molecule has 3 aromatic rings. The van der Waals surface area contributed by atoms with Gasteiger partial charge in [0.2, 0.25) is 5.28 Å². The highest BCUT2D eigenvalue weighted by Gasteiger charge is 2.07. The molecule has 2 aromatic heterocycles. The standard InChI is InChI=1S/C14H11BrClN3O/c15-7-8-20-12-4-1-10(2-5-12)13-6-3-11-9-17-14(16)18-19(11)13/h1-6,9H,7-8H2. The summed E-state index contributed by atoms with van der Waals surface area (Å²) in [4.78, 5) is 3.97. The average Bonchev–Trinajstić information content (AvgIpc) is 2.88. The molecule has 0 radical (unpaired) electrons. The van der Waals surface area contributed by atoms with Crippen LogP contribution in [-0.2, 0) is 0 Å². The molecule has 0 N–H and O–H groups in total. The molecule has 6 heteroatoms. The topological polar surface area (TPSA) is 39.4 Å². The van der Waals surface area contributed by atoms with E-state index >= 15 is 0 Å². The van der Waals surface area contributed by atoms with Gasteiger partial charge < -0.3 is 4.74 Å². The molecule has 0 fully saturated rings. The average molecular weight is 353 g/mol. The molecule has 102 valence electrons. The molecule has 0 spiro atoms. The molecule has 0 unspecified atom stereocenters. The smallest absolute Gasteiger partial charge is 0.241 e. The normalized spacial score (nSPS) is 10.9. The van der Waals surface area contributed by atoms with Crippen molar-refractivity contribution < 1.29 is 4.74 Å². The third kappa shape index (κ3) is 2.64. The first kappa shape index (κ1) is 13.4. The molecule has 0 bridgehead atoms. The van der Waals surface area contributed by atoms with E-state index in [0.29, 0.717) is 6.61 Å². The zero-order valence-corrected chi connectivity index (χ0v) is 12.8. The Balaban J connectivity index is 1.96. The van der Waals surface area contributed by atoms with E-state index in [1.165, 1.54) is 0 Å². The Morgan fingerprint density at radius 1 is 1.15 bits per heavy atom. The van der Waals surface area contributed by atoms with Crippen molar-refractivity contribution in [1.29, 1.82) is 0 Å². The number of aromatic nitrogens is 3. The number of hydrogen-bond acceptors (Lipinski definition) is 3. The molecule has 1 aromatic carbocycles. The van der Waals surface area contributed by atoms with Gasteiger partial charge in [-0.3, -0.25) is 0 Å². The molecule has 3 rings (SSSR count). The number of alkyl halides is 1. The van der Waals surface area contributed by atoms with Crippen molar-refractivity contribution in [3.63, 3.8) is 0 Å². The second-order valence-electron chi connectivity index (χ2n) is 4.14. The zero-order chi connectivity index (χ0) is 13.9. The molecule has 0 aliphatic rings. The SMILES string of the molecule is Clc1ncc2ccc(-c3ccc(OCCBr)cc3)n2n1. The fraction of sp³-hybridized carbons (Fsp3) is 0.143. The number of ether oxygens (including phenoxy) is 1. The maximum Gasteiger partial charge on any atom is 0.241 e. The molecular formula is C14H11BrClN3O. The van der Waals surface area contributed by atoms with Gasteiger partial charge >= 0.3 is 0 Å². The summed E-state index contributed by atoms with van der Waals surface area (Å²) in [5, 5.41) is 5.26. The first-order valence-corrected chi connectivity index (χ1v) is 7.57.